The van der Waals surface area contributed by atoms with E-state index in [1.165, 1.54) is 83.5 Å². The Labute approximate surface area is 143 Å². The van der Waals surface area contributed by atoms with Gasteiger partial charge in [-0.2, -0.15) is 0 Å². The number of hydrogen-bond acceptors (Lipinski definition) is 2. The Kier molecular flexibility index (Phi) is 12.6. The van der Waals surface area contributed by atoms with Gasteiger partial charge in [0.15, 0.2) is 5.78 Å². The number of Topliss-reactive ketones (excluding diaryl/α,β-unsaturated/α-hetero) is 1. The van der Waals surface area contributed by atoms with Gasteiger partial charge in [-0.05, 0) is 12.5 Å². The highest BCUT2D eigenvalue weighted by molar-refractivity contribution is 5.95. The van der Waals surface area contributed by atoms with Crippen molar-refractivity contribution in [1.29, 1.82) is 0 Å². The lowest BCUT2D eigenvalue weighted by Gasteiger charge is -2.03. The number of hydrogen-bond donors (Lipinski definition) is 0. The van der Waals surface area contributed by atoms with Gasteiger partial charge in [0.1, 0.15) is 6.26 Å². The van der Waals surface area contributed by atoms with Gasteiger partial charge in [-0.25, -0.2) is 0 Å². The van der Waals surface area contributed by atoms with Gasteiger partial charge in [-0.3, -0.25) is 4.79 Å². The molecule has 1 heterocycles. The number of carbonyl (C=O) groups is 1. The summed E-state index contributed by atoms with van der Waals surface area (Å²) in [7, 11) is 0. The van der Waals surface area contributed by atoms with Crippen molar-refractivity contribution < 1.29 is 9.21 Å². The van der Waals surface area contributed by atoms with E-state index in [0.717, 1.165) is 12.0 Å². The predicted molar refractivity (Wildman–Crippen MR) is 98.0 cm³/mol. The second-order valence-corrected chi connectivity index (χ2v) is 6.78. The fourth-order valence-electron chi connectivity index (χ4n) is 3.05. The SMILES string of the molecule is CCCCCCCCCCCCCCCCC(=O)c1ccoc1. The van der Waals surface area contributed by atoms with Crippen LogP contribution in [0, 0.1) is 0 Å². The molecular formula is C21H36O2. The molecule has 0 spiro atoms. The van der Waals surface area contributed by atoms with E-state index in [2.05, 4.69) is 6.92 Å². The zero-order valence-electron chi connectivity index (χ0n) is 15.2. The molecule has 0 aliphatic heterocycles. The summed E-state index contributed by atoms with van der Waals surface area (Å²) in [6.45, 7) is 2.28. The fraction of sp³-hybridized carbons (Fsp3) is 0.762. The van der Waals surface area contributed by atoms with E-state index < -0.39 is 0 Å². The van der Waals surface area contributed by atoms with E-state index in [4.69, 9.17) is 4.42 Å². The summed E-state index contributed by atoms with van der Waals surface area (Å²) < 4.78 is 4.94. The van der Waals surface area contributed by atoms with Gasteiger partial charge in [0, 0.05) is 6.42 Å². The van der Waals surface area contributed by atoms with Crippen molar-refractivity contribution in [2.75, 3.05) is 0 Å². The molecule has 0 aliphatic rings. The van der Waals surface area contributed by atoms with Crippen LogP contribution < -0.4 is 0 Å². The maximum atomic E-state index is 11.8. The van der Waals surface area contributed by atoms with Gasteiger partial charge in [0.2, 0.25) is 0 Å². The normalized spacial score (nSPS) is 11.0. The predicted octanol–water partition coefficient (Wildman–Crippen LogP) is 7.33. The third kappa shape index (κ3) is 11.2. The Morgan fingerprint density at radius 3 is 1.70 bits per heavy atom. The molecule has 132 valence electrons. The standard InChI is InChI=1S/C21H36O2/c1-2-3-4-5-6-7-8-9-10-11-12-13-14-15-16-21(22)20-17-18-23-19-20/h17-19H,2-16H2,1H3. The lowest BCUT2D eigenvalue weighted by atomic mass is 10.0. The third-order valence-corrected chi connectivity index (χ3v) is 4.60. The molecule has 0 fully saturated rings. The van der Waals surface area contributed by atoms with Crippen LogP contribution in [0.5, 0.6) is 0 Å². The van der Waals surface area contributed by atoms with Gasteiger partial charge in [0.05, 0.1) is 11.8 Å². The molecule has 0 N–H and O–H groups in total. The van der Waals surface area contributed by atoms with Crippen molar-refractivity contribution >= 4 is 5.78 Å². The molecule has 0 amide bonds. The molecule has 1 aromatic rings. The van der Waals surface area contributed by atoms with Crippen molar-refractivity contribution in [3.05, 3.63) is 24.2 Å². The third-order valence-electron chi connectivity index (χ3n) is 4.60. The highest BCUT2D eigenvalue weighted by Gasteiger charge is 2.05. The molecule has 0 aromatic carbocycles. The molecule has 0 bridgehead atoms. The second-order valence-electron chi connectivity index (χ2n) is 6.78. The van der Waals surface area contributed by atoms with Crippen molar-refractivity contribution in [3.63, 3.8) is 0 Å². The van der Waals surface area contributed by atoms with Crippen molar-refractivity contribution in [2.24, 2.45) is 0 Å². The molecule has 0 saturated heterocycles. The molecule has 1 rings (SSSR count). The van der Waals surface area contributed by atoms with Crippen LogP contribution in [0.15, 0.2) is 23.0 Å². The minimum Gasteiger partial charge on any atom is -0.472 e. The number of rotatable bonds is 16. The smallest absolute Gasteiger partial charge is 0.166 e. The van der Waals surface area contributed by atoms with Crippen molar-refractivity contribution in [3.8, 4) is 0 Å². The topological polar surface area (TPSA) is 30.2 Å². The molecule has 2 nitrogen and oxygen atoms in total. The van der Waals surface area contributed by atoms with Gasteiger partial charge in [-0.15, -0.1) is 0 Å². The minimum atomic E-state index is 0.220. The summed E-state index contributed by atoms with van der Waals surface area (Å²) in [6.07, 6.45) is 22.7. The molecule has 0 radical (unpaired) electrons. The summed E-state index contributed by atoms with van der Waals surface area (Å²) in [6, 6.07) is 1.76. The average Bonchev–Trinajstić information content (AvgIpc) is 3.09. The van der Waals surface area contributed by atoms with E-state index >= 15 is 0 Å². The average molecular weight is 321 g/mol. The first-order valence-electron chi connectivity index (χ1n) is 9.90. The van der Waals surface area contributed by atoms with Crippen molar-refractivity contribution in [2.45, 2.75) is 103 Å². The first-order valence-corrected chi connectivity index (χ1v) is 9.90. The monoisotopic (exact) mass is 320 g/mol. The quantitative estimate of drug-likeness (QED) is 0.236. The molecule has 0 saturated carbocycles. The molecular weight excluding hydrogens is 284 g/mol. The van der Waals surface area contributed by atoms with Crippen LogP contribution in [0.2, 0.25) is 0 Å². The Morgan fingerprint density at radius 1 is 0.783 bits per heavy atom. The Hall–Kier alpha value is -1.05. The Morgan fingerprint density at radius 2 is 1.26 bits per heavy atom. The fourth-order valence-corrected chi connectivity index (χ4v) is 3.05. The summed E-state index contributed by atoms with van der Waals surface area (Å²) in [5.41, 5.74) is 0.722. The van der Waals surface area contributed by atoms with Gasteiger partial charge in [-0.1, -0.05) is 90.4 Å². The second kappa shape index (κ2) is 14.5. The molecule has 0 aliphatic carbocycles. The maximum Gasteiger partial charge on any atom is 0.166 e. The molecule has 0 unspecified atom stereocenters. The zero-order valence-corrected chi connectivity index (χ0v) is 15.2. The van der Waals surface area contributed by atoms with E-state index in [-0.39, 0.29) is 5.78 Å². The van der Waals surface area contributed by atoms with Crippen LogP contribution in [0.1, 0.15) is 114 Å². The van der Waals surface area contributed by atoms with Crippen LogP contribution >= 0.6 is 0 Å². The summed E-state index contributed by atoms with van der Waals surface area (Å²) in [5.74, 6) is 0.220. The van der Waals surface area contributed by atoms with Gasteiger partial charge in [0.25, 0.3) is 0 Å². The minimum absolute atomic E-state index is 0.220. The van der Waals surface area contributed by atoms with Crippen LogP contribution in [-0.2, 0) is 0 Å². The summed E-state index contributed by atoms with van der Waals surface area (Å²) >= 11 is 0. The van der Waals surface area contributed by atoms with E-state index in [0.29, 0.717) is 6.42 Å². The van der Waals surface area contributed by atoms with Gasteiger partial charge >= 0.3 is 0 Å². The number of furan rings is 1. The van der Waals surface area contributed by atoms with Crippen LogP contribution in [-0.4, -0.2) is 5.78 Å². The summed E-state index contributed by atoms with van der Waals surface area (Å²) in [4.78, 5) is 11.8. The van der Waals surface area contributed by atoms with Crippen LogP contribution in [0.3, 0.4) is 0 Å². The van der Waals surface area contributed by atoms with Crippen LogP contribution in [0.4, 0.5) is 0 Å². The van der Waals surface area contributed by atoms with E-state index in [1.807, 2.05) is 0 Å². The highest BCUT2D eigenvalue weighted by atomic mass is 16.3. The lowest BCUT2D eigenvalue weighted by Crippen LogP contribution is -1.96. The molecule has 23 heavy (non-hydrogen) atoms. The first-order chi connectivity index (χ1) is 11.3. The van der Waals surface area contributed by atoms with E-state index in [1.54, 1.807) is 18.6 Å². The number of carbonyl (C=O) groups excluding carboxylic acids is 1. The van der Waals surface area contributed by atoms with Crippen molar-refractivity contribution in [1.82, 2.24) is 0 Å². The van der Waals surface area contributed by atoms with Gasteiger partial charge < -0.3 is 4.42 Å². The Bertz CT molecular complexity index is 367. The highest BCUT2D eigenvalue weighted by Crippen LogP contribution is 2.14. The Balaban J connectivity index is 1.76. The molecule has 1 aromatic heterocycles. The first kappa shape index (κ1) is 20.0. The zero-order chi connectivity index (χ0) is 16.6. The summed E-state index contributed by atoms with van der Waals surface area (Å²) in [5, 5.41) is 0. The molecule has 0 atom stereocenters. The lowest BCUT2D eigenvalue weighted by molar-refractivity contribution is 0.0978. The van der Waals surface area contributed by atoms with E-state index in [9.17, 15) is 4.79 Å². The number of unbranched alkanes of at least 4 members (excludes halogenated alkanes) is 13. The molecule has 2 heteroatoms. The largest absolute Gasteiger partial charge is 0.472 e. The number of ketones is 1. The van der Waals surface area contributed by atoms with Crippen LogP contribution in [0.25, 0.3) is 0 Å². The maximum absolute atomic E-state index is 11.8.